The number of benzene rings is 1. The maximum atomic E-state index is 11.9. The van der Waals surface area contributed by atoms with Crippen LogP contribution < -0.4 is 5.32 Å². The van der Waals surface area contributed by atoms with Crippen molar-refractivity contribution in [3.05, 3.63) is 35.4 Å². The van der Waals surface area contributed by atoms with Crippen molar-refractivity contribution >= 4 is 17.5 Å². The molecule has 0 spiro atoms. The number of nitrogens with zero attached hydrogens (tertiary/aromatic N) is 2. The van der Waals surface area contributed by atoms with Gasteiger partial charge in [0.1, 0.15) is 6.54 Å². The predicted molar refractivity (Wildman–Crippen MR) is 83.5 cm³/mol. The van der Waals surface area contributed by atoms with Gasteiger partial charge in [0.2, 0.25) is 11.8 Å². The number of methoxy groups -OCH3 is 1. The number of hydrogen-bond acceptors (Lipinski definition) is 4. The number of amides is 2. The third-order valence-electron chi connectivity index (χ3n) is 3.41. The van der Waals surface area contributed by atoms with E-state index in [1.807, 2.05) is 31.2 Å². The number of ether oxygens (including phenoxy) is 1. The maximum absolute atomic E-state index is 11.9. The first-order valence-corrected chi connectivity index (χ1v) is 7.30. The molecule has 1 aromatic rings. The van der Waals surface area contributed by atoms with Gasteiger partial charge in [-0.25, -0.2) is 5.01 Å². The van der Waals surface area contributed by atoms with Gasteiger partial charge in [-0.1, -0.05) is 29.8 Å². The van der Waals surface area contributed by atoms with Gasteiger partial charge in [0.15, 0.2) is 0 Å². The lowest BCUT2D eigenvalue weighted by atomic mass is 10.0. The van der Waals surface area contributed by atoms with Crippen molar-refractivity contribution < 1.29 is 14.3 Å². The maximum Gasteiger partial charge on any atom is 0.243 e. The smallest absolute Gasteiger partial charge is 0.243 e. The molecule has 0 bridgehead atoms. The molecule has 1 aromatic carbocycles. The zero-order valence-corrected chi connectivity index (χ0v) is 13.0. The zero-order chi connectivity index (χ0) is 15.9. The minimum Gasteiger partial charge on any atom is -0.383 e. The van der Waals surface area contributed by atoms with E-state index in [9.17, 15) is 9.59 Å². The van der Waals surface area contributed by atoms with E-state index >= 15 is 0 Å². The van der Waals surface area contributed by atoms with E-state index in [1.165, 1.54) is 10.6 Å². The molecule has 6 nitrogen and oxygen atoms in total. The van der Waals surface area contributed by atoms with Crippen LogP contribution in [0.25, 0.3) is 0 Å². The minimum absolute atomic E-state index is 0.0576. The van der Waals surface area contributed by atoms with Gasteiger partial charge < -0.3 is 10.1 Å². The molecule has 1 heterocycles. The summed E-state index contributed by atoms with van der Waals surface area (Å²) in [6.45, 7) is 2.83. The lowest BCUT2D eigenvalue weighted by Gasteiger charge is -2.23. The van der Waals surface area contributed by atoms with Gasteiger partial charge in [0.05, 0.1) is 12.3 Å². The lowest BCUT2D eigenvalue weighted by molar-refractivity contribution is -0.136. The predicted octanol–water partition coefficient (Wildman–Crippen LogP) is 1.08. The third-order valence-corrected chi connectivity index (χ3v) is 3.41. The van der Waals surface area contributed by atoms with E-state index in [1.54, 1.807) is 7.11 Å². The summed E-state index contributed by atoms with van der Waals surface area (Å²) in [5.41, 5.74) is 3.00. The summed E-state index contributed by atoms with van der Waals surface area (Å²) in [5, 5.41) is 8.28. The highest BCUT2D eigenvalue weighted by atomic mass is 16.5. The van der Waals surface area contributed by atoms with Gasteiger partial charge in [-0.2, -0.15) is 5.10 Å². The molecule has 0 aromatic heterocycles. The summed E-state index contributed by atoms with van der Waals surface area (Å²) < 4.78 is 4.87. The highest BCUT2D eigenvalue weighted by molar-refractivity contribution is 6.04. The quantitative estimate of drug-likeness (QED) is 0.800. The summed E-state index contributed by atoms with van der Waals surface area (Å²) in [7, 11) is 1.57. The molecule has 2 amide bonds. The van der Waals surface area contributed by atoms with Crippen molar-refractivity contribution in [2.75, 3.05) is 26.8 Å². The van der Waals surface area contributed by atoms with Crippen LogP contribution in [0.2, 0.25) is 0 Å². The monoisotopic (exact) mass is 303 g/mol. The van der Waals surface area contributed by atoms with Crippen LogP contribution in [-0.2, 0) is 14.3 Å². The normalized spacial score (nSPS) is 14.7. The van der Waals surface area contributed by atoms with E-state index in [4.69, 9.17) is 4.74 Å². The van der Waals surface area contributed by atoms with Gasteiger partial charge in [-0.05, 0) is 12.5 Å². The van der Waals surface area contributed by atoms with Crippen LogP contribution >= 0.6 is 0 Å². The van der Waals surface area contributed by atoms with Gasteiger partial charge in [-0.3, -0.25) is 9.59 Å². The minimum atomic E-state index is -0.237. The van der Waals surface area contributed by atoms with Gasteiger partial charge in [-0.15, -0.1) is 0 Å². The Balaban J connectivity index is 2.03. The van der Waals surface area contributed by atoms with Crippen molar-refractivity contribution in [2.24, 2.45) is 5.10 Å². The molecule has 1 aliphatic rings. The fourth-order valence-corrected chi connectivity index (χ4v) is 2.16. The second kappa shape index (κ2) is 7.70. The molecule has 22 heavy (non-hydrogen) atoms. The van der Waals surface area contributed by atoms with E-state index in [0.717, 1.165) is 11.3 Å². The highest BCUT2D eigenvalue weighted by Crippen LogP contribution is 2.15. The van der Waals surface area contributed by atoms with Gasteiger partial charge in [0, 0.05) is 26.5 Å². The first-order valence-electron chi connectivity index (χ1n) is 7.30. The van der Waals surface area contributed by atoms with E-state index in [2.05, 4.69) is 10.4 Å². The molecule has 0 saturated heterocycles. The van der Waals surface area contributed by atoms with Crippen LogP contribution in [-0.4, -0.2) is 49.3 Å². The van der Waals surface area contributed by atoms with Crippen molar-refractivity contribution in [3.63, 3.8) is 0 Å². The van der Waals surface area contributed by atoms with Crippen LogP contribution in [0.1, 0.15) is 24.0 Å². The first kappa shape index (κ1) is 16.2. The van der Waals surface area contributed by atoms with Gasteiger partial charge in [0.25, 0.3) is 0 Å². The average Bonchev–Trinajstić information content (AvgIpc) is 2.51. The number of aryl methyl sites for hydroxylation is 1. The van der Waals surface area contributed by atoms with Crippen molar-refractivity contribution in [3.8, 4) is 0 Å². The lowest BCUT2D eigenvalue weighted by Crippen LogP contribution is -2.41. The number of nitrogens with one attached hydrogen (secondary N) is 1. The second-order valence-corrected chi connectivity index (χ2v) is 5.21. The van der Waals surface area contributed by atoms with Crippen molar-refractivity contribution in [2.45, 2.75) is 19.8 Å². The van der Waals surface area contributed by atoms with Crippen molar-refractivity contribution in [1.29, 1.82) is 0 Å². The Morgan fingerprint density at radius 2 is 2.05 bits per heavy atom. The number of hydrazone groups is 1. The second-order valence-electron chi connectivity index (χ2n) is 5.21. The Morgan fingerprint density at radius 3 is 2.73 bits per heavy atom. The van der Waals surface area contributed by atoms with Crippen molar-refractivity contribution in [1.82, 2.24) is 10.3 Å². The third kappa shape index (κ3) is 4.39. The first-order chi connectivity index (χ1) is 10.6. The topological polar surface area (TPSA) is 71.0 Å². The zero-order valence-electron chi connectivity index (χ0n) is 13.0. The molecule has 0 unspecified atom stereocenters. The molecular formula is C16H21N3O3. The van der Waals surface area contributed by atoms with Crippen LogP contribution in [0, 0.1) is 6.92 Å². The van der Waals surface area contributed by atoms with Crippen LogP contribution in [0.5, 0.6) is 0 Å². The Hall–Kier alpha value is -2.21. The highest BCUT2D eigenvalue weighted by Gasteiger charge is 2.23. The largest absolute Gasteiger partial charge is 0.383 e. The molecule has 1 aliphatic heterocycles. The Labute approximate surface area is 130 Å². The molecule has 1 N–H and O–H groups in total. The van der Waals surface area contributed by atoms with E-state index in [-0.39, 0.29) is 18.4 Å². The molecule has 0 fully saturated rings. The summed E-state index contributed by atoms with van der Waals surface area (Å²) in [4.78, 5) is 23.7. The Bertz CT molecular complexity index is 567. The summed E-state index contributed by atoms with van der Waals surface area (Å²) in [6, 6.07) is 7.99. The fraction of sp³-hybridized carbons (Fsp3) is 0.438. The number of rotatable bonds is 6. The van der Waals surface area contributed by atoms with E-state index < -0.39 is 0 Å². The summed E-state index contributed by atoms with van der Waals surface area (Å²) in [5.74, 6) is -0.364. The van der Waals surface area contributed by atoms with Crippen LogP contribution in [0.3, 0.4) is 0 Å². The molecule has 6 heteroatoms. The number of carbonyl (C=O) groups is 2. The summed E-state index contributed by atoms with van der Waals surface area (Å²) >= 11 is 0. The van der Waals surface area contributed by atoms with Crippen LogP contribution in [0.4, 0.5) is 0 Å². The van der Waals surface area contributed by atoms with E-state index in [0.29, 0.717) is 26.0 Å². The molecule has 2 rings (SSSR count). The number of carbonyl (C=O) groups excluding carboxylic acids is 2. The standard InChI is InChI=1S/C16H21N3O3/c1-12-3-5-13(6-4-12)14-7-8-16(21)19(18-14)11-15(20)17-9-10-22-2/h3-6H,7-11H2,1-2H3,(H,17,20). The molecule has 0 radical (unpaired) electrons. The van der Waals surface area contributed by atoms with Crippen LogP contribution in [0.15, 0.2) is 29.4 Å². The summed E-state index contributed by atoms with van der Waals surface area (Å²) in [6.07, 6.45) is 0.974. The molecular weight excluding hydrogens is 282 g/mol. The molecule has 0 saturated carbocycles. The number of hydrogen-bond donors (Lipinski definition) is 1. The molecule has 0 atom stereocenters. The molecule has 118 valence electrons. The Morgan fingerprint density at radius 1 is 1.32 bits per heavy atom. The fourth-order valence-electron chi connectivity index (χ4n) is 2.16. The Kier molecular flexibility index (Phi) is 5.66. The van der Waals surface area contributed by atoms with Gasteiger partial charge >= 0.3 is 0 Å². The molecule has 0 aliphatic carbocycles. The average molecular weight is 303 g/mol. The SMILES string of the molecule is COCCNC(=O)CN1N=C(c2ccc(C)cc2)CCC1=O.